The highest BCUT2D eigenvalue weighted by molar-refractivity contribution is 5.59. The van der Waals surface area contributed by atoms with E-state index in [1.165, 1.54) is 12.1 Å². The molecular weight excluding hydrogens is 325 g/mol. The van der Waals surface area contributed by atoms with Crippen LogP contribution in [0.2, 0.25) is 0 Å². The lowest BCUT2D eigenvalue weighted by Gasteiger charge is -2.38. The van der Waals surface area contributed by atoms with Crippen molar-refractivity contribution in [3.05, 3.63) is 65.2 Å². The number of rotatable bonds is 1. The number of nitriles is 1. The summed E-state index contributed by atoms with van der Waals surface area (Å²) in [7, 11) is 0. The zero-order valence-electron chi connectivity index (χ0n) is 13.4. The van der Waals surface area contributed by atoms with Crippen LogP contribution in [0.4, 0.5) is 18.9 Å². The van der Waals surface area contributed by atoms with Gasteiger partial charge in [0, 0.05) is 11.6 Å². The molecule has 0 saturated heterocycles. The highest BCUT2D eigenvalue weighted by Crippen LogP contribution is 2.55. The average molecular weight is 342 g/mol. The van der Waals surface area contributed by atoms with Crippen molar-refractivity contribution in [2.75, 3.05) is 5.32 Å². The molecule has 0 spiro atoms. The fraction of sp³-hybridized carbons (Fsp3) is 0.350. The van der Waals surface area contributed by atoms with Crippen LogP contribution >= 0.6 is 0 Å². The molecule has 0 bridgehead atoms. The monoisotopic (exact) mass is 342 g/mol. The zero-order chi connectivity index (χ0) is 17.6. The van der Waals surface area contributed by atoms with Crippen LogP contribution < -0.4 is 5.32 Å². The second-order valence-corrected chi connectivity index (χ2v) is 6.90. The molecule has 1 aliphatic heterocycles. The smallest absolute Gasteiger partial charge is 0.378 e. The van der Waals surface area contributed by atoms with Crippen LogP contribution in [0.3, 0.4) is 0 Å². The van der Waals surface area contributed by atoms with Crippen molar-refractivity contribution in [3.63, 3.8) is 0 Å². The van der Waals surface area contributed by atoms with Crippen LogP contribution in [0.5, 0.6) is 0 Å². The molecule has 2 aromatic carbocycles. The van der Waals surface area contributed by atoms with Crippen molar-refractivity contribution in [1.82, 2.24) is 0 Å². The number of halogens is 3. The largest absolute Gasteiger partial charge is 0.416 e. The molecule has 1 saturated carbocycles. The van der Waals surface area contributed by atoms with E-state index in [-0.39, 0.29) is 23.8 Å². The van der Waals surface area contributed by atoms with E-state index in [0.29, 0.717) is 18.4 Å². The van der Waals surface area contributed by atoms with E-state index in [1.807, 2.05) is 30.3 Å². The molecule has 2 nitrogen and oxygen atoms in total. The average Bonchev–Trinajstić information content (AvgIpc) is 3.05. The van der Waals surface area contributed by atoms with E-state index >= 15 is 0 Å². The second kappa shape index (κ2) is 5.80. The van der Waals surface area contributed by atoms with Crippen molar-refractivity contribution in [2.24, 2.45) is 11.8 Å². The summed E-state index contributed by atoms with van der Waals surface area (Å²) in [6.45, 7) is 0. The number of fused-ring (bicyclic) bond motifs is 3. The van der Waals surface area contributed by atoms with Crippen LogP contribution in [0, 0.1) is 23.2 Å². The van der Waals surface area contributed by atoms with Gasteiger partial charge in [0.05, 0.1) is 17.7 Å². The van der Waals surface area contributed by atoms with E-state index in [2.05, 4.69) is 11.4 Å². The predicted molar refractivity (Wildman–Crippen MR) is 88.8 cm³/mol. The lowest BCUT2D eigenvalue weighted by Crippen LogP contribution is -2.29. The Morgan fingerprint density at radius 3 is 2.48 bits per heavy atom. The predicted octanol–water partition coefficient (Wildman–Crippen LogP) is 5.51. The van der Waals surface area contributed by atoms with Gasteiger partial charge in [-0.1, -0.05) is 30.3 Å². The summed E-state index contributed by atoms with van der Waals surface area (Å²) >= 11 is 0. The van der Waals surface area contributed by atoms with Gasteiger partial charge in [0.25, 0.3) is 0 Å². The molecule has 0 amide bonds. The normalized spacial score (nSPS) is 27.8. The zero-order valence-corrected chi connectivity index (χ0v) is 13.4. The summed E-state index contributed by atoms with van der Waals surface area (Å²) in [5, 5.41) is 12.8. The van der Waals surface area contributed by atoms with Crippen LogP contribution in [-0.2, 0) is 6.18 Å². The van der Waals surface area contributed by atoms with Gasteiger partial charge in [0.2, 0.25) is 0 Å². The maximum atomic E-state index is 13.1. The van der Waals surface area contributed by atoms with E-state index in [9.17, 15) is 18.4 Å². The third-order valence-electron chi connectivity index (χ3n) is 5.47. The minimum Gasteiger partial charge on any atom is -0.378 e. The number of alkyl halides is 3. The van der Waals surface area contributed by atoms with E-state index in [1.54, 1.807) is 0 Å². The van der Waals surface area contributed by atoms with Gasteiger partial charge in [0.1, 0.15) is 0 Å². The number of nitrogens with zero attached hydrogens (tertiary/aromatic N) is 1. The maximum Gasteiger partial charge on any atom is 0.416 e. The van der Waals surface area contributed by atoms with Crippen molar-refractivity contribution in [2.45, 2.75) is 31.0 Å². The SMILES string of the molecule is N#C[C@@H]1C[C@@H]2[C@H](C1)c1cc(C(F)(F)F)ccc1N[C@H]2c1ccccc1. The number of nitrogens with one attached hydrogen (secondary N) is 1. The molecular formula is C20H17F3N2. The van der Waals surface area contributed by atoms with Crippen LogP contribution in [0.1, 0.15) is 41.5 Å². The van der Waals surface area contributed by atoms with Gasteiger partial charge >= 0.3 is 6.18 Å². The van der Waals surface area contributed by atoms with Gasteiger partial charge in [-0.15, -0.1) is 0 Å². The molecule has 0 unspecified atom stereocenters. The number of hydrogen-bond donors (Lipinski definition) is 1. The molecule has 1 fully saturated rings. The third kappa shape index (κ3) is 2.76. The number of benzene rings is 2. The van der Waals surface area contributed by atoms with Gasteiger partial charge in [-0.3, -0.25) is 0 Å². The van der Waals surface area contributed by atoms with Crippen LogP contribution in [0.15, 0.2) is 48.5 Å². The lowest BCUT2D eigenvalue weighted by atomic mass is 9.77. The van der Waals surface area contributed by atoms with Crippen molar-refractivity contribution >= 4 is 5.69 Å². The Labute approximate surface area is 144 Å². The molecule has 1 N–H and O–H groups in total. The molecule has 4 atom stereocenters. The fourth-order valence-electron chi connectivity index (χ4n) is 4.34. The number of hydrogen-bond acceptors (Lipinski definition) is 2. The Hall–Kier alpha value is -2.48. The molecule has 0 aromatic heterocycles. The molecule has 0 radical (unpaired) electrons. The van der Waals surface area contributed by atoms with E-state index in [0.717, 1.165) is 17.3 Å². The minimum atomic E-state index is -4.35. The Morgan fingerprint density at radius 1 is 1.04 bits per heavy atom. The first-order valence-electron chi connectivity index (χ1n) is 8.39. The van der Waals surface area contributed by atoms with Gasteiger partial charge in [-0.2, -0.15) is 18.4 Å². The van der Waals surface area contributed by atoms with Gasteiger partial charge in [0.15, 0.2) is 0 Å². The topological polar surface area (TPSA) is 35.8 Å². The maximum absolute atomic E-state index is 13.1. The lowest BCUT2D eigenvalue weighted by molar-refractivity contribution is -0.137. The Balaban J connectivity index is 1.79. The van der Waals surface area contributed by atoms with Gasteiger partial charge in [-0.25, -0.2) is 0 Å². The second-order valence-electron chi connectivity index (χ2n) is 6.90. The van der Waals surface area contributed by atoms with Crippen molar-refractivity contribution < 1.29 is 13.2 Å². The molecule has 5 heteroatoms. The Kier molecular flexibility index (Phi) is 3.72. The molecule has 4 rings (SSSR count). The van der Waals surface area contributed by atoms with Gasteiger partial charge < -0.3 is 5.32 Å². The summed E-state index contributed by atoms with van der Waals surface area (Å²) in [4.78, 5) is 0. The third-order valence-corrected chi connectivity index (χ3v) is 5.47. The summed E-state index contributed by atoms with van der Waals surface area (Å²) in [5.74, 6) is -0.0000510. The summed E-state index contributed by atoms with van der Waals surface area (Å²) in [6, 6.07) is 16.2. The van der Waals surface area contributed by atoms with Crippen LogP contribution in [0.25, 0.3) is 0 Å². The van der Waals surface area contributed by atoms with Crippen molar-refractivity contribution in [1.29, 1.82) is 5.26 Å². The van der Waals surface area contributed by atoms with E-state index < -0.39 is 11.7 Å². The van der Waals surface area contributed by atoms with Crippen molar-refractivity contribution in [3.8, 4) is 6.07 Å². The molecule has 1 heterocycles. The number of anilines is 1. The minimum absolute atomic E-state index is 0.0200. The van der Waals surface area contributed by atoms with Gasteiger partial charge in [-0.05, 0) is 54.0 Å². The Bertz CT molecular complexity index is 823. The summed E-state index contributed by atoms with van der Waals surface area (Å²) in [6.07, 6.45) is -3.02. The summed E-state index contributed by atoms with van der Waals surface area (Å²) < 4.78 is 39.3. The standard InChI is InChI=1S/C20H17F3N2/c21-20(22,23)14-6-7-18-16(10-14)15-8-12(11-24)9-17(15)19(25-18)13-4-2-1-3-5-13/h1-7,10,12,15,17,19,25H,8-9H2/t12-,15+,17+,19-/m0/s1. The quantitative estimate of drug-likeness (QED) is 0.742. The first kappa shape index (κ1) is 16.0. The first-order chi connectivity index (χ1) is 12.0. The highest BCUT2D eigenvalue weighted by atomic mass is 19.4. The first-order valence-corrected chi connectivity index (χ1v) is 8.39. The Morgan fingerprint density at radius 2 is 1.80 bits per heavy atom. The van der Waals surface area contributed by atoms with Crippen LogP contribution in [-0.4, -0.2) is 0 Å². The molecule has 2 aromatic rings. The molecule has 1 aliphatic carbocycles. The fourth-order valence-corrected chi connectivity index (χ4v) is 4.34. The molecule has 2 aliphatic rings. The van der Waals surface area contributed by atoms with E-state index in [4.69, 9.17) is 0 Å². The summed E-state index contributed by atoms with van der Waals surface area (Å²) in [5.41, 5.74) is 1.94. The highest BCUT2D eigenvalue weighted by Gasteiger charge is 2.45. The molecule has 128 valence electrons. The molecule has 25 heavy (non-hydrogen) atoms.